The quantitative estimate of drug-likeness (QED) is 0.932. The van der Waals surface area contributed by atoms with E-state index in [-0.39, 0.29) is 17.8 Å². The minimum Gasteiger partial charge on any atom is -0.330 e. The zero-order valence-corrected chi connectivity index (χ0v) is 14.0. The molecule has 1 atom stereocenters. The highest BCUT2D eigenvalue weighted by atomic mass is 35.5. The van der Waals surface area contributed by atoms with Crippen LogP contribution in [0.3, 0.4) is 0 Å². The van der Waals surface area contributed by atoms with Crippen molar-refractivity contribution in [2.75, 3.05) is 19.6 Å². The summed E-state index contributed by atoms with van der Waals surface area (Å²) in [6.45, 7) is 10.9. The second-order valence-electron chi connectivity index (χ2n) is 6.91. The van der Waals surface area contributed by atoms with E-state index in [0.29, 0.717) is 5.92 Å². The molecule has 0 radical (unpaired) electrons. The summed E-state index contributed by atoms with van der Waals surface area (Å²) in [5, 5.41) is 4.65. The van der Waals surface area contributed by atoms with Crippen LogP contribution in [0.2, 0.25) is 0 Å². The SMILES string of the molecule is Cl.Cn1cc(CN2CCCC(CN)C2)c(C(C)(C)C)n1. The van der Waals surface area contributed by atoms with E-state index >= 15 is 0 Å². The molecule has 1 aliphatic rings. The number of hydrogen-bond acceptors (Lipinski definition) is 3. The summed E-state index contributed by atoms with van der Waals surface area (Å²) in [5.41, 5.74) is 8.52. The number of nitrogens with zero attached hydrogens (tertiary/aromatic N) is 3. The molecule has 20 heavy (non-hydrogen) atoms. The monoisotopic (exact) mass is 300 g/mol. The van der Waals surface area contributed by atoms with Gasteiger partial charge in [0.05, 0.1) is 5.69 Å². The first-order valence-electron chi connectivity index (χ1n) is 7.35. The normalized spacial score (nSPS) is 20.8. The van der Waals surface area contributed by atoms with Gasteiger partial charge in [0.15, 0.2) is 0 Å². The standard InChI is InChI=1S/C15H28N4.ClH/c1-15(2,3)14-13(10-18(4)17-14)11-19-7-5-6-12(8-16)9-19;/h10,12H,5-9,11,16H2,1-4H3;1H. The maximum Gasteiger partial charge on any atom is 0.0722 e. The van der Waals surface area contributed by atoms with Crippen molar-refractivity contribution in [1.82, 2.24) is 14.7 Å². The molecule has 0 saturated carbocycles. The molecule has 0 aliphatic carbocycles. The van der Waals surface area contributed by atoms with Gasteiger partial charge in [-0.1, -0.05) is 20.8 Å². The largest absolute Gasteiger partial charge is 0.330 e. The Kier molecular flexibility index (Phi) is 6.05. The Balaban J connectivity index is 0.00000200. The minimum atomic E-state index is 0. The van der Waals surface area contributed by atoms with Crippen molar-refractivity contribution in [2.24, 2.45) is 18.7 Å². The minimum absolute atomic E-state index is 0. The average Bonchev–Trinajstić information content (AvgIpc) is 2.70. The maximum absolute atomic E-state index is 5.82. The third-order valence-corrected chi connectivity index (χ3v) is 3.95. The number of piperidine rings is 1. The highest BCUT2D eigenvalue weighted by Crippen LogP contribution is 2.26. The van der Waals surface area contributed by atoms with Crippen molar-refractivity contribution >= 4 is 12.4 Å². The molecule has 1 fully saturated rings. The zero-order valence-electron chi connectivity index (χ0n) is 13.2. The lowest BCUT2D eigenvalue weighted by Gasteiger charge is -2.32. The number of halogens is 1. The molecule has 0 amide bonds. The third kappa shape index (κ3) is 4.21. The van der Waals surface area contributed by atoms with Gasteiger partial charge < -0.3 is 5.73 Å². The van der Waals surface area contributed by atoms with Crippen molar-refractivity contribution in [1.29, 1.82) is 0 Å². The van der Waals surface area contributed by atoms with E-state index in [1.165, 1.54) is 30.6 Å². The van der Waals surface area contributed by atoms with Gasteiger partial charge in [-0.25, -0.2) is 0 Å². The van der Waals surface area contributed by atoms with Gasteiger partial charge in [0.25, 0.3) is 0 Å². The van der Waals surface area contributed by atoms with Gasteiger partial charge >= 0.3 is 0 Å². The van der Waals surface area contributed by atoms with Crippen molar-refractivity contribution in [3.8, 4) is 0 Å². The molecule has 1 aromatic rings. The fourth-order valence-corrected chi connectivity index (χ4v) is 3.01. The van der Waals surface area contributed by atoms with Crippen LogP contribution in [0.25, 0.3) is 0 Å². The predicted octanol–water partition coefficient (Wildman–Crippen LogP) is 2.31. The molecule has 1 unspecified atom stereocenters. The Hall–Kier alpha value is -0.580. The second-order valence-corrected chi connectivity index (χ2v) is 6.91. The number of hydrogen-bond donors (Lipinski definition) is 1. The molecule has 4 nitrogen and oxygen atoms in total. The van der Waals surface area contributed by atoms with E-state index in [2.05, 4.69) is 37.0 Å². The van der Waals surface area contributed by atoms with Crippen molar-refractivity contribution in [3.05, 3.63) is 17.5 Å². The second kappa shape index (κ2) is 6.92. The molecule has 1 saturated heterocycles. The first-order valence-corrected chi connectivity index (χ1v) is 7.35. The van der Waals surface area contributed by atoms with Gasteiger partial charge in [0.2, 0.25) is 0 Å². The van der Waals surface area contributed by atoms with E-state index in [1.54, 1.807) is 0 Å². The highest BCUT2D eigenvalue weighted by Gasteiger charge is 2.25. The average molecular weight is 301 g/mol. The first-order chi connectivity index (χ1) is 8.90. The fraction of sp³-hybridized carbons (Fsp3) is 0.800. The molecular weight excluding hydrogens is 272 g/mol. The van der Waals surface area contributed by atoms with Crippen molar-refractivity contribution in [2.45, 2.75) is 45.6 Å². The van der Waals surface area contributed by atoms with Crippen LogP contribution in [-0.2, 0) is 19.0 Å². The Morgan fingerprint density at radius 3 is 2.70 bits per heavy atom. The highest BCUT2D eigenvalue weighted by molar-refractivity contribution is 5.85. The summed E-state index contributed by atoms with van der Waals surface area (Å²) in [4.78, 5) is 2.54. The lowest BCUT2D eigenvalue weighted by Crippen LogP contribution is -2.38. The Bertz CT molecular complexity index is 422. The molecule has 0 bridgehead atoms. The molecule has 0 spiro atoms. The van der Waals surface area contributed by atoms with E-state index in [4.69, 9.17) is 5.73 Å². The summed E-state index contributed by atoms with van der Waals surface area (Å²) in [6.07, 6.45) is 4.73. The third-order valence-electron chi connectivity index (χ3n) is 3.95. The van der Waals surface area contributed by atoms with Gasteiger partial charge in [-0.05, 0) is 31.8 Å². The molecule has 116 valence electrons. The molecule has 1 aromatic heterocycles. The molecule has 2 heterocycles. The van der Waals surface area contributed by atoms with Gasteiger partial charge in [-0.15, -0.1) is 12.4 Å². The van der Waals surface area contributed by atoms with E-state index in [9.17, 15) is 0 Å². The first kappa shape index (κ1) is 17.5. The van der Waals surface area contributed by atoms with E-state index < -0.39 is 0 Å². The smallest absolute Gasteiger partial charge is 0.0722 e. The summed E-state index contributed by atoms with van der Waals surface area (Å²) in [5.74, 6) is 0.670. The van der Waals surface area contributed by atoms with Gasteiger partial charge in [-0.3, -0.25) is 9.58 Å². The van der Waals surface area contributed by atoms with Gasteiger partial charge in [-0.2, -0.15) is 5.10 Å². The van der Waals surface area contributed by atoms with Crippen LogP contribution >= 0.6 is 12.4 Å². The number of nitrogens with two attached hydrogens (primary N) is 1. The van der Waals surface area contributed by atoms with E-state index in [0.717, 1.165) is 19.6 Å². The number of rotatable bonds is 3. The lowest BCUT2D eigenvalue weighted by atomic mass is 9.89. The van der Waals surface area contributed by atoms with Crippen LogP contribution in [0.15, 0.2) is 6.20 Å². The number of aromatic nitrogens is 2. The van der Waals surface area contributed by atoms with Crippen LogP contribution in [-0.4, -0.2) is 34.3 Å². The molecule has 0 aromatic carbocycles. The van der Waals surface area contributed by atoms with Crippen LogP contribution in [0.5, 0.6) is 0 Å². The van der Waals surface area contributed by atoms with E-state index in [1.807, 2.05) is 11.7 Å². The van der Waals surface area contributed by atoms with Crippen LogP contribution in [0, 0.1) is 5.92 Å². The van der Waals surface area contributed by atoms with Gasteiger partial charge in [0.1, 0.15) is 0 Å². The topological polar surface area (TPSA) is 47.1 Å². The summed E-state index contributed by atoms with van der Waals surface area (Å²) in [7, 11) is 2.01. The molecule has 5 heteroatoms. The number of likely N-dealkylation sites (tertiary alicyclic amines) is 1. The van der Waals surface area contributed by atoms with Crippen LogP contribution in [0.1, 0.15) is 44.9 Å². The predicted molar refractivity (Wildman–Crippen MR) is 86.2 cm³/mol. The zero-order chi connectivity index (χ0) is 14.0. The van der Waals surface area contributed by atoms with Gasteiger partial charge in [0, 0.05) is 37.3 Å². The summed E-state index contributed by atoms with van der Waals surface area (Å²) >= 11 is 0. The molecule has 1 aliphatic heterocycles. The van der Waals surface area contributed by atoms with Crippen molar-refractivity contribution in [3.63, 3.8) is 0 Å². The molecule has 2 N–H and O–H groups in total. The Labute approximate surface area is 129 Å². The van der Waals surface area contributed by atoms with Crippen molar-refractivity contribution < 1.29 is 0 Å². The maximum atomic E-state index is 5.82. The Morgan fingerprint density at radius 2 is 2.10 bits per heavy atom. The molecule has 2 rings (SSSR count). The Morgan fingerprint density at radius 1 is 1.40 bits per heavy atom. The number of aryl methyl sites for hydroxylation is 1. The van der Waals surface area contributed by atoms with Crippen LogP contribution < -0.4 is 5.73 Å². The summed E-state index contributed by atoms with van der Waals surface area (Å²) in [6, 6.07) is 0. The lowest BCUT2D eigenvalue weighted by molar-refractivity contribution is 0.170. The molecular formula is C15H29ClN4. The fourth-order valence-electron chi connectivity index (χ4n) is 3.01. The van der Waals surface area contributed by atoms with Crippen LogP contribution in [0.4, 0.5) is 0 Å². The summed E-state index contributed by atoms with van der Waals surface area (Å²) < 4.78 is 1.94.